The average molecular weight is 500 g/mol. The van der Waals surface area contributed by atoms with Gasteiger partial charge in [0.2, 0.25) is 5.91 Å². The first kappa shape index (κ1) is 24.7. The molecule has 1 N–H and O–H groups in total. The Kier molecular flexibility index (Phi) is 7.28. The molecule has 4 nitrogen and oxygen atoms in total. The minimum Gasteiger partial charge on any atom is -0.489 e. The minimum atomic E-state index is -0.831. The number of hydrogen-bond acceptors (Lipinski definition) is 3. The molecule has 1 amide bonds. The number of amides is 1. The molecule has 1 saturated heterocycles. The fourth-order valence-corrected chi connectivity index (χ4v) is 4.78. The molecule has 1 aliphatic rings. The summed E-state index contributed by atoms with van der Waals surface area (Å²) in [5, 5.41) is 10.6. The van der Waals surface area contributed by atoms with Crippen LogP contribution in [0.4, 0.5) is 8.78 Å². The van der Waals surface area contributed by atoms with E-state index in [1.165, 1.54) is 24.3 Å². The second-order valence-corrected chi connectivity index (χ2v) is 9.21. The Bertz CT molecular complexity index is 1330. The third-order valence-corrected chi connectivity index (χ3v) is 6.80. The number of benzene rings is 4. The maximum absolute atomic E-state index is 13.6. The summed E-state index contributed by atoms with van der Waals surface area (Å²) < 4.78 is 32.7. The number of aliphatic hydroxyl groups is 1. The summed E-state index contributed by atoms with van der Waals surface area (Å²) in [7, 11) is 0. The van der Waals surface area contributed by atoms with E-state index in [2.05, 4.69) is 0 Å². The monoisotopic (exact) mass is 499 g/mol. The lowest BCUT2D eigenvalue weighted by Gasteiger charge is -2.48. The van der Waals surface area contributed by atoms with Crippen molar-refractivity contribution < 1.29 is 23.4 Å². The molecule has 5 rings (SSSR count). The van der Waals surface area contributed by atoms with Crippen LogP contribution in [0, 0.1) is 11.6 Å². The molecule has 0 aliphatic carbocycles. The first-order valence-electron chi connectivity index (χ1n) is 12.3. The van der Waals surface area contributed by atoms with Crippen molar-refractivity contribution >= 4 is 5.91 Å². The van der Waals surface area contributed by atoms with Crippen LogP contribution in [-0.2, 0) is 11.4 Å². The Morgan fingerprint density at radius 3 is 2.03 bits per heavy atom. The maximum Gasteiger partial charge on any atom is 0.233 e. The second kappa shape index (κ2) is 10.9. The number of likely N-dealkylation sites (tertiary alicyclic amines) is 1. The van der Waals surface area contributed by atoms with Crippen molar-refractivity contribution in [3.8, 4) is 5.75 Å². The van der Waals surface area contributed by atoms with Gasteiger partial charge in [-0.1, -0.05) is 66.7 Å². The van der Waals surface area contributed by atoms with E-state index in [1.807, 2.05) is 54.6 Å². The Morgan fingerprint density at radius 1 is 0.784 bits per heavy atom. The predicted octanol–water partition coefficient (Wildman–Crippen LogP) is 6.33. The fraction of sp³-hybridized carbons (Fsp3) is 0.194. The average Bonchev–Trinajstić information content (AvgIpc) is 2.93. The van der Waals surface area contributed by atoms with Gasteiger partial charge < -0.3 is 14.7 Å². The van der Waals surface area contributed by atoms with Crippen molar-refractivity contribution in [2.75, 3.05) is 6.54 Å². The highest BCUT2D eigenvalue weighted by atomic mass is 19.1. The molecule has 4 aromatic rings. The topological polar surface area (TPSA) is 49.8 Å². The van der Waals surface area contributed by atoms with Gasteiger partial charge in [-0.05, 0) is 65.1 Å². The Balaban J connectivity index is 1.30. The van der Waals surface area contributed by atoms with Crippen LogP contribution in [0.1, 0.15) is 46.7 Å². The van der Waals surface area contributed by atoms with Crippen LogP contribution in [0.3, 0.4) is 0 Å². The third kappa shape index (κ3) is 5.54. The van der Waals surface area contributed by atoms with Gasteiger partial charge in [0, 0.05) is 6.54 Å². The molecule has 0 aromatic heterocycles. The highest BCUT2D eigenvalue weighted by molar-refractivity contribution is 5.91. The van der Waals surface area contributed by atoms with Gasteiger partial charge in [0.05, 0.1) is 18.1 Å². The molecule has 37 heavy (non-hydrogen) atoms. The van der Waals surface area contributed by atoms with Gasteiger partial charge in [-0.15, -0.1) is 0 Å². The maximum atomic E-state index is 13.6. The van der Waals surface area contributed by atoms with Crippen molar-refractivity contribution in [1.82, 2.24) is 4.90 Å². The lowest BCUT2D eigenvalue weighted by molar-refractivity contribution is -0.151. The molecule has 1 fully saturated rings. The van der Waals surface area contributed by atoms with Crippen LogP contribution in [0.2, 0.25) is 0 Å². The molecule has 3 atom stereocenters. The zero-order chi connectivity index (χ0) is 25.8. The van der Waals surface area contributed by atoms with Gasteiger partial charge in [0.15, 0.2) is 0 Å². The number of rotatable bonds is 9. The summed E-state index contributed by atoms with van der Waals surface area (Å²) in [5.74, 6) is -0.485. The van der Waals surface area contributed by atoms with E-state index in [1.54, 1.807) is 29.2 Å². The van der Waals surface area contributed by atoms with Gasteiger partial charge in [0.25, 0.3) is 0 Å². The van der Waals surface area contributed by atoms with E-state index in [4.69, 9.17) is 4.74 Å². The van der Waals surface area contributed by atoms with Crippen LogP contribution in [0.5, 0.6) is 5.75 Å². The van der Waals surface area contributed by atoms with Gasteiger partial charge in [0.1, 0.15) is 24.0 Å². The van der Waals surface area contributed by atoms with Crippen molar-refractivity contribution in [3.63, 3.8) is 0 Å². The minimum absolute atomic E-state index is 0.0569. The summed E-state index contributed by atoms with van der Waals surface area (Å²) in [6.07, 6.45) is -0.531. The number of nitrogens with zero attached hydrogens (tertiary/aromatic N) is 1. The largest absolute Gasteiger partial charge is 0.489 e. The molecular weight excluding hydrogens is 472 g/mol. The number of carbonyl (C=O) groups excluding carboxylic acids is 1. The Labute approximate surface area is 214 Å². The zero-order valence-corrected chi connectivity index (χ0v) is 20.1. The van der Waals surface area contributed by atoms with E-state index < -0.39 is 12.0 Å². The van der Waals surface area contributed by atoms with Gasteiger partial charge >= 0.3 is 0 Å². The first-order chi connectivity index (χ1) is 18.0. The molecule has 0 bridgehead atoms. The first-order valence-corrected chi connectivity index (χ1v) is 12.3. The Morgan fingerprint density at radius 2 is 1.38 bits per heavy atom. The molecule has 1 aliphatic heterocycles. The van der Waals surface area contributed by atoms with Crippen LogP contribution in [0.15, 0.2) is 103 Å². The predicted molar refractivity (Wildman–Crippen MR) is 137 cm³/mol. The number of aliphatic hydroxyl groups excluding tert-OH is 1. The van der Waals surface area contributed by atoms with Gasteiger partial charge in [-0.2, -0.15) is 0 Å². The quantitative estimate of drug-likeness (QED) is 0.274. The molecule has 0 radical (unpaired) electrons. The fourth-order valence-electron chi connectivity index (χ4n) is 4.78. The number of ether oxygens (including phenoxy) is 1. The van der Waals surface area contributed by atoms with E-state index >= 15 is 0 Å². The summed E-state index contributed by atoms with van der Waals surface area (Å²) in [5.41, 5.74) is 3.33. The van der Waals surface area contributed by atoms with E-state index in [0.29, 0.717) is 30.9 Å². The highest BCUT2D eigenvalue weighted by Crippen LogP contribution is 2.47. The van der Waals surface area contributed by atoms with Crippen LogP contribution < -0.4 is 4.74 Å². The molecule has 0 saturated carbocycles. The number of β-lactam (4-membered cyclic amide) rings is 1. The second-order valence-electron chi connectivity index (χ2n) is 9.21. The summed E-state index contributed by atoms with van der Waals surface area (Å²) in [4.78, 5) is 15.0. The lowest BCUT2D eigenvalue weighted by atomic mass is 9.77. The van der Waals surface area contributed by atoms with Gasteiger partial charge in [-0.25, -0.2) is 8.78 Å². The molecular formula is C31H27F2NO3. The normalized spacial score (nSPS) is 17.8. The summed E-state index contributed by atoms with van der Waals surface area (Å²) in [6.45, 7) is 0.763. The summed E-state index contributed by atoms with van der Waals surface area (Å²) >= 11 is 0. The number of carbonyl (C=O) groups is 1. The summed E-state index contributed by atoms with van der Waals surface area (Å²) in [6, 6.07) is 28.9. The highest BCUT2D eigenvalue weighted by Gasteiger charge is 2.48. The molecule has 0 spiro atoms. The van der Waals surface area contributed by atoms with Crippen molar-refractivity contribution in [3.05, 3.63) is 137 Å². The SMILES string of the molecule is O=C1[C@H](c2ccc(OCc3ccccc3)cc2)[C@H](c2ccc(F)cc2)N1CC[C@H](O)c1ccc(F)cc1. The number of hydrogen-bond donors (Lipinski definition) is 1. The number of halogens is 2. The van der Waals surface area contributed by atoms with Gasteiger partial charge in [-0.3, -0.25) is 4.79 Å². The van der Waals surface area contributed by atoms with Crippen LogP contribution in [0.25, 0.3) is 0 Å². The van der Waals surface area contributed by atoms with E-state index in [-0.39, 0.29) is 23.6 Å². The molecule has 4 aromatic carbocycles. The van der Waals surface area contributed by atoms with Crippen molar-refractivity contribution in [2.24, 2.45) is 0 Å². The Hall–Kier alpha value is -4.03. The third-order valence-electron chi connectivity index (χ3n) is 6.80. The van der Waals surface area contributed by atoms with Crippen molar-refractivity contribution in [1.29, 1.82) is 0 Å². The van der Waals surface area contributed by atoms with E-state index in [9.17, 15) is 18.7 Å². The zero-order valence-electron chi connectivity index (χ0n) is 20.1. The van der Waals surface area contributed by atoms with Crippen LogP contribution in [-0.4, -0.2) is 22.5 Å². The molecule has 1 heterocycles. The standard InChI is InChI=1S/C31H27F2NO3/c32-25-12-6-22(7-13-25)28(35)18-19-34-30(24-8-14-26(33)15-9-24)29(31(34)36)23-10-16-27(17-11-23)37-20-21-4-2-1-3-5-21/h1-17,28-30,35H,18-20H2/t28-,29+,30-/m0/s1. The smallest absolute Gasteiger partial charge is 0.233 e. The molecule has 0 unspecified atom stereocenters. The van der Waals surface area contributed by atoms with Crippen LogP contribution >= 0.6 is 0 Å². The molecule has 188 valence electrons. The molecule has 6 heteroatoms. The lowest BCUT2D eigenvalue weighted by Crippen LogP contribution is -2.53. The van der Waals surface area contributed by atoms with E-state index in [0.717, 1.165) is 16.7 Å². The van der Waals surface area contributed by atoms with Crippen molar-refractivity contribution in [2.45, 2.75) is 31.1 Å².